The number of aromatic nitrogens is 2. The molecule has 3 rings (SSSR count). The van der Waals surface area contributed by atoms with E-state index in [0.717, 1.165) is 0 Å². The summed E-state index contributed by atoms with van der Waals surface area (Å²) in [7, 11) is 0. The number of carbonyl (C=O) groups is 2. The Kier molecular flexibility index (Phi) is 7.30. The van der Waals surface area contributed by atoms with Crippen molar-refractivity contribution < 1.29 is 23.5 Å². The molecule has 1 N–H and O–H groups in total. The lowest BCUT2D eigenvalue weighted by Crippen LogP contribution is -2.28. The van der Waals surface area contributed by atoms with Gasteiger partial charge in [0, 0.05) is 25.1 Å². The number of esters is 2. The quantitative estimate of drug-likeness (QED) is 0.390. The van der Waals surface area contributed by atoms with Crippen LogP contribution < -0.4 is 10.1 Å². The highest BCUT2D eigenvalue weighted by Gasteiger charge is 2.28. The summed E-state index contributed by atoms with van der Waals surface area (Å²) in [6, 6.07) is 11.2. The van der Waals surface area contributed by atoms with Crippen molar-refractivity contribution in [2.24, 2.45) is 0 Å². The molecular formula is C23H21ClN4O5. The highest BCUT2D eigenvalue weighted by Crippen LogP contribution is 2.32. The minimum atomic E-state index is -0.696. The van der Waals surface area contributed by atoms with Gasteiger partial charge in [0.25, 0.3) is 0 Å². The van der Waals surface area contributed by atoms with E-state index >= 15 is 0 Å². The van der Waals surface area contributed by atoms with Gasteiger partial charge in [-0.1, -0.05) is 11.6 Å². The van der Waals surface area contributed by atoms with Gasteiger partial charge < -0.3 is 19.2 Å². The molecule has 0 aliphatic heterocycles. The zero-order valence-electron chi connectivity index (χ0n) is 18.4. The van der Waals surface area contributed by atoms with Gasteiger partial charge in [-0.15, -0.1) is 10.2 Å². The Morgan fingerprint density at radius 3 is 2.42 bits per heavy atom. The second-order valence-corrected chi connectivity index (χ2v) is 7.59. The van der Waals surface area contributed by atoms with E-state index in [9.17, 15) is 14.9 Å². The van der Waals surface area contributed by atoms with E-state index in [0.29, 0.717) is 33.1 Å². The topological polar surface area (TPSA) is 127 Å². The molecule has 0 saturated carbocycles. The monoisotopic (exact) mass is 468 g/mol. The van der Waals surface area contributed by atoms with E-state index in [2.05, 4.69) is 15.5 Å². The van der Waals surface area contributed by atoms with Gasteiger partial charge in [-0.25, -0.2) is 0 Å². The minimum absolute atomic E-state index is 0.183. The fourth-order valence-corrected chi connectivity index (χ4v) is 3.32. The number of hydrogen-bond donors (Lipinski definition) is 1. The summed E-state index contributed by atoms with van der Waals surface area (Å²) in [6.07, 6.45) is -0.670. The Labute approximate surface area is 195 Å². The Morgan fingerprint density at radius 2 is 1.82 bits per heavy atom. The minimum Gasteiger partial charge on any atom is -0.460 e. The summed E-state index contributed by atoms with van der Waals surface area (Å²) < 4.78 is 16.3. The number of carbonyl (C=O) groups excluding carboxylic acids is 2. The number of ether oxygens (including phenoxy) is 2. The van der Waals surface area contributed by atoms with Crippen molar-refractivity contribution in [3.05, 3.63) is 58.4 Å². The molecule has 0 amide bonds. The second-order valence-electron chi connectivity index (χ2n) is 7.21. The van der Waals surface area contributed by atoms with Crippen molar-refractivity contribution in [1.29, 1.82) is 5.26 Å². The first-order valence-corrected chi connectivity index (χ1v) is 10.3. The maximum absolute atomic E-state index is 11.6. The van der Waals surface area contributed by atoms with Gasteiger partial charge in [-0.3, -0.25) is 9.59 Å². The molecule has 0 unspecified atom stereocenters. The van der Waals surface area contributed by atoms with Gasteiger partial charge in [-0.05, 0) is 55.8 Å². The Balaban J connectivity index is 1.92. The Morgan fingerprint density at radius 1 is 1.12 bits per heavy atom. The molecule has 1 aromatic heterocycles. The van der Waals surface area contributed by atoms with E-state index in [1.807, 2.05) is 6.07 Å². The normalized spacial score (nSPS) is 12.4. The lowest BCUT2D eigenvalue weighted by Gasteiger charge is -2.24. The highest BCUT2D eigenvalue weighted by atomic mass is 35.5. The van der Waals surface area contributed by atoms with E-state index < -0.39 is 24.1 Å². The second kappa shape index (κ2) is 10.1. The van der Waals surface area contributed by atoms with E-state index in [1.54, 1.807) is 50.2 Å². The zero-order valence-corrected chi connectivity index (χ0v) is 19.1. The highest BCUT2D eigenvalue weighted by molar-refractivity contribution is 6.32. The van der Waals surface area contributed by atoms with Crippen LogP contribution in [0.4, 0.5) is 5.69 Å². The van der Waals surface area contributed by atoms with Gasteiger partial charge in [-0.2, -0.15) is 5.26 Å². The molecule has 0 aliphatic rings. The van der Waals surface area contributed by atoms with Crippen LogP contribution in [0.15, 0.2) is 40.8 Å². The van der Waals surface area contributed by atoms with E-state index in [-0.39, 0.29) is 11.8 Å². The van der Waals surface area contributed by atoms with Crippen molar-refractivity contribution in [3.8, 4) is 23.3 Å². The summed E-state index contributed by atoms with van der Waals surface area (Å²) in [6.45, 7) is 6.08. The molecule has 9 nitrogen and oxygen atoms in total. The molecule has 0 radical (unpaired) electrons. The number of nitriles is 1. The maximum Gasteiger partial charge on any atom is 0.308 e. The van der Waals surface area contributed by atoms with Gasteiger partial charge >= 0.3 is 11.9 Å². The standard InChI is InChI=1S/C23H21ClN4O5/c1-12-19(10-7-17(11-25)20(12)24)26-21(13(2)31-14(3)29)23-28-27-22(33-23)16-5-8-18(9-6-16)32-15(4)30/h5-10,13,21,26H,1-4H3/t13-,21+/m0/s1. The molecule has 0 bridgehead atoms. The third kappa shape index (κ3) is 5.67. The predicted octanol–water partition coefficient (Wildman–Crippen LogP) is 4.60. The van der Waals surface area contributed by atoms with Crippen LogP contribution in [-0.4, -0.2) is 28.2 Å². The van der Waals surface area contributed by atoms with Crippen molar-refractivity contribution in [2.45, 2.75) is 39.8 Å². The average molecular weight is 469 g/mol. The summed E-state index contributed by atoms with van der Waals surface area (Å²) >= 11 is 6.29. The number of halogens is 1. The number of nitrogens with one attached hydrogen (secondary N) is 1. The van der Waals surface area contributed by atoms with Crippen molar-refractivity contribution in [2.75, 3.05) is 5.32 Å². The molecule has 2 aromatic carbocycles. The van der Waals surface area contributed by atoms with Crippen molar-refractivity contribution >= 4 is 29.2 Å². The van der Waals surface area contributed by atoms with Crippen LogP contribution >= 0.6 is 11.6 Å². The first-order valence-electron chi connectivity index (χ1n) is 9.94. The van der Waals surface area contributed by atoms with Crippen LogP contribution in [0, 0.1) is 18.3 Å². The van der Waals surface area contributed by atoms with Crippen LogP contribution in [0.5, 0.6) is 5.75 Å². The van der Waals surface area contributed by atoms with Gasteiger partial charge in [0.15, 0.2) is 0 Å². The number of hydrogen-bond acceptors (Lipinski definition) is 9. The number of rotatable bonds is 7. The number of benzene rings is 2. The first-order chi connectivity index (χ1) is 15.7. The summed E-state index contributed by atoms with van der Waals surface area (Å²) in [4.78, 5) is 22.7. The molecule has 0 aliphatic carbocycles. The van der Waals surface area contributed by atoms with Crippen molar-refractivity contribution in [3.63, 3.8) is 0 Å². The summed E-state index contributed by atoms with van der Waals surface area (Å²) in [5.74, 6) is -0.0836. The van der Waals surface area contributed by atoms with Gasteiger partial charge in [0.05, 0.1) is 10.6 Å². The largest absolute Gasteiger partial charge is 0.460 e. The summed E-state index contributed by atoms with van der Waals surface area (Å²) in [5.41, 5.74) is 2.23. The van der Waals surface area contributed by atoms with Gasteiger partial charge in [0.2, 0.25) is 11.8 Å². The molecule has 33 heavy (non-hydrogen) atoms. The molecule has 0 spiro atoms. The summed E-state index contributed by atoms with van der Waals surface area (Å²) in [5, 5.41) is 21.0. The molecule has 0 fully saturated rings. The van der Waals surface area contributed by atoms with Crippen LogP contribution in [0.2, 0.25) is 5.02 Å². The smallest absolute Gasteiger partial charge is 0.308 e. The first kappa shape index (κ1) is 23.8. The molecule has 0 saturated heterocycles. The lowest BCUT2D eigenvalue weighted by atomic mass is 10.1. The molecule has 170 valence electrons. The molecule has 1 heterocycles. The molecule has 3 aromatic rings. The Hall–Kier alpha value is -3.90. The third-order valence-corrected chi connectivity index (χ3v) is 5.20. The van der Waals surface area contributed by atoms with E-state index in [1.165, 1.54) is 13.8 Å². The fraction of sp³-hybridized carbons (Fsp3) is 0.261. The average Bonchev–Trinajstić information content (AvgIpc) is 3.24. The maximum atomic E-state index is 11.6. The third-order valence-electron chi connectivity index (χ3n) is 4.71. The zero-order chi connectivity index (χ0) is 24.1. The van der Waals surface area contributed by atoms with Crippen molar-refractivity contribution in [1.82, 2.24) is 10.2 Å². The predicted molar refractivity (Wildman–Crippen MR) is 120 cm³/mol. The fourth-order valence-electron chi connectivity index (χ4n) is 3.11. The lowest BCUT2D eigenvalue weighted by molar-refractivity contribution is -0.146. The SMILES string of the molecule is CC(=O)Oc1ccc(-c2nnc([C@H](Nc3ccc(C#N)c(Cl)c3C)[C@H](C)OC(C)=O)o2)cc1. The number of anilines is 1. The van der Waals surface area contributed by atoms with Crippen LogP contribution in [0.1, 0.15) is 43.8 Å². The number of nitrogens with zero attached hydrogens (tertiary/aromatic N) is 3. The Bertz CT molecular complexity index is 1220. The molecular weight excluding hydrogens is 448 g/mol. The van der Waals surface area contributed by atoms with Crippen LogP contribution in [0.3, 0.4) is 0 Å². The van der Waals surface area contributed by atoms with Crippen LogP contribution in [-0.2, 0) is 14.3 Å². The van der Waals surface area contributed by atoms with Crippen LogP contribution in [0.25, 0.3) is 11.5 Å². The van der Waals surface area contributed by atoms with Gasteiger partial charge in [0.1, 0.15) is 24.0 Å². The molecule has 10 heteroatoms. The molecule has 2 atom stereocenters. The van der Waals surface area contributed by atoms with E-state index in [4.69, 9.17) is 25.5 Å².